The minimum absolute atomic E-state index is 0.183. The van der Waals surface area contributed by atoms with Crippen LogP contribution < -0.4 is 20.7 Å². The maximum Gasteiger partial charge on any atom is 0.315 e. The molecule has 0 atom stereocenters. The van der Waals surface area contributed by atoms with Crippen molar-refractivity contribution in [3.05, 3.63) is 90.2 Å². The van der Waals surface area contributed by atoms with Gasteiger partial charge >= 0.3 is 6.03 Å². The fourth-order valence-corrected chi connectivity index (χ4v) is 2.44. The number of carbonyl (C=O) groups is 2. The molecule has 0 radical (unpaired) electrons. The maximum atomic E-state index is 12.8. The zero-order chi connectivity index (χ0) is 20.5. The highest BCUT2D eigenvalue weighted by atomic mass is 19.1. The summed E-state index contributed by atoms with van der Waals surface area (Å²) in [6.07, 6.45) is 0. The lowest BCUT2D eigenvalue weighted by atomic mass is 10.2. The summed E-state index contributed by atoms with van der Waals surface area (Å²) in [5, 5.41) is 7.76. The van der Waals surface area contributed by atoms with Crippen LogP contribution in [0.3, 0.4) is 0 Å². The minimum Gasteiger partial charge on any atom is -0.457 e. The molecule has 3 rings (SSSR count). The molecule has 0 unspecified atom stereocenters. The lowest BCUT2D eigenvalue weighted by Gasteiger charge is -2.10. The lowest BCUT2D eigenvalue weighted by Crippen LogP contribution is -2.39. The van der Waals surface area contributed by atoms with Gasteiger partial charge in [0.25, 0.3) is 0 Å². The summed E-state index contributed by atoms with van der Waals surface area (Å²) in [6.45, 7) is 0.0497. The SMILES string of the molecule is O=C(CNC(=O)NCc1ccc(F)cc1)Nc1ccc(Oc2ccccc2)cc1. The number of benzene rings is 3. The Labute approximate surface area is 167 Å². The van der Waals surface area contributed by atoms with Gasteiger partial charge in [0.1, 0.15) is 17.3 Å². The Hall–Kier alpha value is -3.87. The molecule has 0 bridgehead atoms. The number of para-hydroxylation sites is 1. The third-order valence-corrected chi connectivity index (χ3v) is 3.89. The zero-order valence-electron chi connectivity index (χ0n) is 15.5. The molecule has 0 saturated heterocycles. The van der Waals surface area contributed by atoms with Crippen LogP contribution in [-0.4, -0.2) is 18.5 Å². The van der Waals surface area contributed by atoms with Gasteiger partial charge in [0, 0.05) is 12.2 Å². The van der Waals surface area contributed by atoms with E-state index in [1.165, 1.54) is 12.1 Å². The fraction of sp³-hybridized carbons (Fsp3) is 0.0909. The highest BCUT2D eigenvalue weighted by Gasteiger charge is 2.06. The molecule has 0 fully saturated rings. The Balaban J connectivity index is 1.39. The van der Waals surface area contributed by atoms with E-state index in [9.17, 15) is 14.0 Å². The van der Waals surface area contributed by atoms with Gasteiger partial charge < -0.3 is 20.7 Å². The first-order valence-electron chi connectivity index (χ1n) is 8.97. The normalized spacial score (nSPS) is 10.1. The lowest BCUT2D eigenvalue weighted by molar-refractivity contribution is -0.115. The molecule has 29 heavy (non-hydrogen) atoms. The van der Waals surface area contributed by atoms with Crippen molar-refractivity contribution in [1.82, 2.24) is 10.6 Å². The fourth-order valence-electron chi connectivity index (χ4n) is 2.44. The summed E-state index contributed by atoms with van der Waals surface area (Å²) in [5.41, 5.74) is 1.34. The molecule has 7 heteroatoms. The third-order valence-electron chi connectivity index (χ3n) is 3.89. The summed E-state index contributed by atoms with van der Waals surface area (Å²) in [5.74, 6) is 0.667. The molecule has 0 aliphatic carbocycles. The van der Waals surface area contributed by atoms with Gasteiger partial charge in [0.2, 0.25) is 5.91 Å². The van der Waals surface area contributed by atoms with E-state index in [2.05, 4.69) is 16.0 Å². The molecular formula is C22H20FN3O3. The summed E-state index contributed by atoms with van der Waals surface area (Å²) in [4.78, 5) is 23.7. The second-order valence-electron chi connectivity index (χ2n) is 6.15. The first kappa shape index (κ1) is 19.9. The molecule has 6 nitrogen and oxygen atoms in total. The Morgan fingerprint density at radius 3 is 2.14 bits per heavy atom. The van der Waals surface area contributed by atoms with Gasteiger partial charge in [-0.15, -0.1) is 0 Å². The van der Waals surface area contributed by atoms with Crippen molar-refractivity contribution in [3.63, 3.8) is 0 Å². The first-order chi connectivity index (χ1) is 14.1. The van der Waals surface area contributed by atoms with E-state index in [0.717, 1.165) is 11.3 Å². The molecule has 0 heterocycles. The van der Waals surface area contributed by atoms with Crippen LogP contribution in [0.4, 0.5) is 14.9 Å². The monoisotopic (exact) mass is 393 g/mol. The van der Waals surface area contributed by atoms with Gasteiger partial charge in [-0.05, 0) is 54.1 Å². The van der Waals surface area contributed by atoms with Crippen molar-refractivity contribution in [2.75, 3.05) is 11.9 Å². The van der Waals surface area contributed by atoms with E-state index in [1.54, 1.807) is 36.4 Å². The smallest absolute Gasteiger partial charge is 0.315 e. The molecule has 0 saturated carbocycles. The number of hydrogen-bond donors (Lipinski definition) is 3. The van der Waals surface area contributed by atoms with Gasteiger partial charge in [0.05, 0.1) is 6.54 Å². The number of amides is 3. The minimum atomic E-state index is -0.490. The maximum absolute atomic E-state index is 12.8. The van der Waals surface area contributed by atoms with Crippen molar-refractivity contribution >= 4 is 17.6 Å². The largest absolute Gasteiger partial charge is 0.457 e. The van der Waals surface area contributed by atoms with E-state index in [-0.39, 0.29) is 24.8 Å². The van der Waals surface area contributed by atoms with Crippen molar-refractivity contribution in [1.29, 1.82) is 0 Å². The van der Waals surface area contributed by atoms with Crippen LogP contribution in [0, 0.1) is 5.82 Å². The summed E-state index contributed by atoms with van der Waals surface area (Å²) >= 11 is 0. The Morgan fingerprint density at radius 1 is 0.793 bits per heavy atom. The number of hydrogen-bond acceptors (Lipinski definition) is 3. The van der Waals surface area contributed by atoms with Crippen molar-refractivity contribution < 1.29 is 18.7 Å². The van der Waals surface area contributed by atoms with E-state index in [0.29, 0.717) is 11.4 Å². The van der Waals surface area contributed by atoms with E-state index >= 15 is 0 Å². The highest BCUT2D eigenvalue weighted by molar-refractivity contribution is 5.94. The average molecular weight is 393 g/mol. The average Bonchev–Trinajstić information content (AvgIpc) is 2.74. The quantitative estimate of drug-likeness (QED) is 0.566. The number of anilines is 1. The second-order valence-corrected chi connectivity index (χ2v) is 6.15. The molecule has 0 spiro atoms. The molecule has 3 amide bonds. The Kier molecular flexibility index (Phi) is 6.78. The van der Waals surface area contributed by atoms with Gasteiger partial charge in [-0.2, -0.15) is 0 Å². The number of ether oxygens (including phenoxy) is 1. The van der Waals surface area contributed by atoms with Crippen molar-refractivity contribution in [2.24, 2.45) is 0 Å². The number of rotatable bonds is 7. The molecule has 0 aliphatic heterocycles. The molecule has 3 aromatic rings. The predicted molar refractivity (Wildman–Crippen MR) is 108 cm³/mol. The zero-order valence-corrected chi connectivity index (χ0v) is 15.5. The Bertz CT molecular complexity index is 945. The highest BCUT2D eigenvalue weighted by Crippen LogP contribution is 2.22. The van der Waals surface area contributed by atoms with Gasteiger partial charge in [-0.25, -0.2) is 9.18 Å². The van der Waals surface area contributed by atoms with Crippen LogP contribution in [0.25, 0.3) is 0 Å². The van der Waals surface area contributed by atoms with Crippen molar-refractivity contribution in [2.45, 2.75) is 6.54 Å². The van der Waals surface area contributed by atoms with E-state index in [1.807, 2.05) is 30.3 Å². The number of halogens is 1. The van der Waals surface area contributed by atoms with Crippen LogP contribution in [0.15, 0.2) is 78.9 Å². The standard InChI is InChI=1S/C22H20FN3O3/c23-17-8-6-16(7-9-17)14-24-22(28)25-15-21(27)26-18-10-12-20(13-11-18)29-19-4-2-1-3-5-19/h1-13H,14-15H2,(H,26,27)(H2,24,25,28). The molecule has 0 aromatic heterocycles. The topological polar surface area (TPSA) is 79.5 Å². The predicted octanol–water partition coefficient (Wildman–Crippen LogP) is 4.06. The first-order valence-corrected chi connectivity index (χ1v) is 8.97. The summed E-state index contributed by atoms with van der Waals surface area (Å²) in [7, 11) is 0. The number of urea groups is 1. The van der Waals surface area contributed by atoms with Crippen LogP contribution in [0.1, 0.15) is 5.56 Å². The van der Waals surface area contributed by atoms with E-state index in [4.69, 9.17) is 4.74 Å². The molecule has 148 valence electrons. The number of carbonyl (C=O) groups excluding carboxylic acids is 2. The van der Waals surface area contributed by atoms with Crippen LogP contribution in [0.5, 0.6) is 11.5 Å². The second kappa shape index (κ2) is 9.89. The molecular weight excluding hydrogens is 373 g/mol. The van der Waals surface area contributed by atoms with Crippen LogP contribution in [0.2, 0.25) is 0 Å². The molecule has 0 aliphatic rings. The Morgan fingerprint density at radius 2 is 1.45 bits per heavy atom. The third kappa shape index (κ3) is 6.66. The molecule has 3 aromatic carbocycles. The van der Waals surface area contributed by atoms with Gasteiger partial charge in [0.15, 0.2) is 0 Å². The molecule has 3 N–H and O–H groups in total. The van der Waals surface area contributed by atoms with Crippen LogP contribution in [-0.2, 0) is 11.3 Å². The number of nitrogens with one attached hydrogen (secondary N) is 3. The van der Waals surface area contributed by atoms with E-state index < -0.39 is 6.03 Å². The van der Waals surface area contributed by atoms with Crippen LogP contribution >= 0.6 is 0 Å². The van der Waals surface area contributed by atoms with Gasteiger partial charge in [-0.3, -0.25) is 4.79 Å². The van der Waals surface area contributed by atoms with Crippen molar-refractivity contribution in [3.8, 4) is 11.5 Å². The summed E-state index contributed by atoms with van der Waals surface area (Å²) in [6, 6.07) is 21.6. The summed E-state index contributed by atoms with van der Waals surface area (Å²) < 4.78 is 18.5. The van der Waals surface area contributed by atoms with Gasteiger partial charge in [-0.1, -0.05) is 30.3 Å².